The summed E-state index contributed by atoms with van der Waals surface area (Å²) in [6.07, 6.45) is 0. The van der Waals surface area contributed by atoms with E-state index in [1.807, 2.05) is 30.3 Å². The molecule has 4 heteroatoms. The Kier molecular flexibility index (Phi) is 3.40. The van der Waals surface area contributed by atoms with Gasteiger partial charge in [-0.1, -0.05) is 30.3 Å². The Balaban J connectivity index is 2.29. The molecule has 4 nitrogen and oxygen atoms in total. The summed E-state index contributed by atoms with van der Waals surface area (Å²) in [7, 11) is 0. The minimum absolute atomic E-state index is 0.145. The molecule has 2 rings (SSSR count). The van der Waals surface area contributed by atoms with Crippen LogP contribution in [0.5, 0.6) is 0 Å². The molecule has 3 unspecified atom stereocenters. The van der Waals surface area contributed by atoms with Gasteiger partial charge in [-0.15, -0.1) is 0 Å². The number of hydrogen-bond acceptors (Lipinski definition) is 4. The number of carbonyl (C=O) groups is 1. The van der Waals surface area contributed by atoms with E-state index >= 15 is 0 Å². The maximum absolute atomic E-state index is 11.5. The number of nitrogens with zero attached hydrogens (tertiary/aromatic N) is 1. The Morgan fingerprint density at radius 2 is 2.12 bits per heavy atom. The number of hydrogen-bond donors (Lipinski definition) is 1. The molecule has 88 valence electrons. The van der Waals surface area contributed by atoms with E-state index in [4.69, 9.17) is 10.00 Å². The molecule has 0 spiro atoms. The number of carbonyl (C=O) groups excluding carboxylic acids is 1. The second-order valence-electron chi connectivity index (χ2n) is 4.14. The van der Waals surface area contributed by atoms with Crippen molar-refractivity contribution in [2.24, 2.45) is 5.92 Å². The SMILES string of the molecule is CC1NC(c2ccccc2)C(C#N)COC1=O. The summed E-state index contributed by atoms with van der Waals surface area (Å²) < 4.78 is 5.05. The Bertz CT molecular complexity index is 438. The fourth-order valence-corrected chi connectivity index (χ4v) is 1.95. The molecule has 0 radical (unpaired) electrons. The molecule has 0 aliphatic carbocycles. The van der Waals surface area contributed by atoms with Crippen LogP contribution in [0.1, 0.15) is 18.5 Å². The van der Waals surface area contributed by atoms with E-state index in [1.54, 1.807) is 6.92 Å². The van der Waals surface area contributed by atoms with Crippen molar-refractivity contribution in [1.82, 2.24) is 5.32 Å². The van der Waals surface area contributed by atoms with Gasteiger partial charge in [-0.25, -0.2) is 0 Å². The first kappa shape index (κ1) is 11.6. The molecule has 1 saturated heterocycles. The molecule has 17 heavy (non-hydrogen) atoms. The largest absolute Gasteiger partial charge is 0.463 e. The first-order valence-electron chi connectivity index (χ1n) is 5.59. The molecule has 0 aromatic heterocycles. The minimum Gasteiger partial charge on any atom is -0.463 e. The zero-order valence-electron chi connectivity index (χ0n) is 9.59. The molecule has 0 saturated carbocycles. The first-order valence-corrected chi connectivity index (χ1v) is 5.59. The predicted octanol–water partition coefficient (Wildman–Crippen LogP) is 1.40. The third kappa shape index (κ3) is 2.45. The number of rotatable bonds is 1. The highest BCUT2D eigenvalue weighted by Crippen LogP contribution is 2.25. The van der Waals surface area contributed by atoms with Crippen molar-refractivity contribution in [1.29, 1.82) is 5.26 Å². The molecular formula is C13H14N2O2. The van der Waals surface area contributed by atoms with Crippen LogP contribution in [0.15, 0.2) is 30.3 Å². The van der Waals surface area contributed by atoms with Gasteiger partial charge in [0.1, 0.15) is 12.6 Å². The zero-order valence-corrected chi connectivity index (χ0v) is 9.59. The summed E-state index contributed by atoms with van der Waals surface area (Å²) in [5.74, 6) is -0.657. The van der Waals surface area contributed by atoms with Crippen molar-refractivity contribution in [3.8, 4) is 6.07 Å². The number of ether oxygens (including phenoxy) is 1. The van der Waals surface area contributed by atoms with Gasteiger partial charge < -0.3 is 4.74 Å². The van der Waals surface area contributed by atoms with Gasteiger partial charge in [-0.3, -0.25) is 10.1 Å². The summed E-state index contributed by atoms with van der Waals surface area (Å²) in [6, 6.07) is 11.3. The Labute approximate surface area is 100 Å². The van der Waals surface area contributed by atoms with Gasteiger partial charge in [0.05, 0.1) is 18.0 Å². The lowest BCUT2D eigenvalue weighted by atomic mass is 9.94. The van der Waals surface area contributed by atoms with Crippen molar-refractivity contribution in [2.75, 3.05) is 6.61 Å². The highest BCUT2D eigenvalue weighted by Gasteiger charge is 2.32. The van der Waals surface area contributed by atoms with Crippen LogP contribution in [0.25, 0.3) is 0 Å². The van der Waals surface area contributed by atoms with E-state index in [0.29, 0.717) is 0 Å². The normalized spacial score (nSPS) is 28.9. The van der Waals surface area contributed by atoms with E-state index in [2.05, 4.69) is 11.4 Å². The van der Waals surface area contributed by atoms with E-state index in [9.17, 15) is 4.79 Å². The van der Waals surface area contributed by atoms with Gasteiger partial charge in [0.2, 0.25) is 0 Å². The Morgan fingerprint density at radius 1 is 1.41 bits per heavy atom. The average Bonchev–Trinajstić information content (AvgIpc) is 2.51. The lowest BCUT2D eigenvalue weighted by Gasteiger charge is -2.21. The van der Waals surface area contributed by atoms with Crippen LogP contribution in [-0.4, -0.2) is 18.6 Å². The summed E-state index contributed by atoms with van der Waals surface area (Å²) in [5, 5.41) is 12.3. The van der Waals surface area contributed by atoms with Crippen LogP contribution in [0.2, 0.25) is 0 Å². The van der Waals surface area contributed by atoms with E-state index < -0.39 is 6.04 Å². The van der Waals surface area contributed by atoms with Crippen LogP contribution in [0.4, 0.5) is 0 Å². The van der Waals surface area contributed by atoms with Gasteiger partial charge in [0.25, 0.3) is 0 Å². The van der Waals surface area contributed by atoms with Crippen molar-refractivity contribution >= 4 is 5.97 Å². The lowest BCUT2D eigenvalue weighted by Crippen LogP contribution is -2.36. The summed E-state index contributed by atoms with van der Waals surface area (Å²) in [6.45, 7) is 1.89. The number of nitriles is 1. The molecule has 1 aliphatic rings. The molecule has 1 aliphatic heterocycles. The predicted molar refractivity (Wildman–Crippen MR) is 61.8 cm³/mol. The van der Waals surface area contributed by atoms with Gasteiger partial charge in [-0.05, 0) is 12.5 Å². The highest BCUT2D eigenvalue weighted by atomic mass is 16.5. The molecule has 1 aromatic rings. The maximum atomic E-state index is 11.5. The van der Waals surface area contributed by atoms with Crippen LogP contribution < -0.4 is 5.32 Å². The smallest absolute Gasteiger partial charge is 0.322 e. The summed E-state index contributed by atoms with van der Waals surface area (Å²) in [4.78, 5) is 11.5. The van der Waals surface area contributed by atoms with Crippen molar-refractivity contribution in [3.63, 3.8) is 0 Å². The fraction of sp³-hybridized carbons (Fsp3) is 0.385. The Morgan fingerprint density at radius 3 is 2.76 bits per heavy atom. The first-order chi connectivity index (χ1) is 8.22. The molecular weight excluding hydrogens is 216 g/mol. The molecule has 1 aromatic carbocycles. The molecule has 3 atom stereocenters. The minimum atomic E-state index is -0.390. The van der Waals surface area contributed by atoms with Gasteiger partial charge in [0, 0.05) is 0 Å². The standard InChI is InChI=1S/C13H14N2O2/c1-9-13(16)17-8-11(7-14)12(15-9)10-5-3-2-4-6-10/h2-6,9,11-12,15H,8H2,1H3. The molecule has 1 heterocycles. The molecule has 1 N–H and O–H groups in total. The third-order valence-corrected chi connectivity index (χ3v) is 2.92. The Hall–Kier alpha value is -1.86. The lowest BCUT2D eigenvalue weighted by molar-refractivity contribution is -0.144. The number of nitrogens with one attached hydrogen (secondary N) is 1. The van der Waals surface area contributed by atoms with E-state index in [1.165, 1.54) is 0 Å². The second kappa shape index (κ2) is 4.98. The molecule has 0 bridgehead atoms. The molecule has 0 amide bonds. The van der Waals surface area contributed by atoms with E-state index in [-0.39, 0.29) is 24.5 Å². The zero-order chi connectivity index (χ0) is 12.3. The second-order valence-corrected chi connectivity index (χ2v) is 4.14. The average molecular weight is 230 g/mol. The quantitative estimate of drug-likeness (QED) is 0.741. The molecule has 1 fully saturated rings. The number of esters is 1. The van der Waals surface area contributed by atoms with Gasteiger partial charge >= 0.3 is 5.97 Å². The van der Waals surface area contributed by atoms with Gasteiger partial charge in [-0.2, -0.15) is 5.26 Å². The third-order valence-electron chi connectivity index (χ3n) is 2.92. The fourth-order valence-electron chi connectivity index (χ4n) is 1.95. The van der Waals surface area contributed by atoms with E-state index in [0.717, 1.165) is 5.56 Å². The van der Waals surface area contributed by atoms with Crippen LogP contribution in [0.3, 0.4) is 0 Å². The van der Waals surface area contributed by atoms with Crippen molar-refractivity contribution in [3.05, 3.63) is 35.9 Å². The number of benzene rings is 1. The number of cyclic esters (lactones) is 1. The van der Waals surface area contributed by atoms with Gasteiger partial charge in [0.15, 0.2) is 0 Å². The monoisotopic (exact) mass is 230 g/mol. The summed E-state index contributed by atoms with van der Waals surface area (Å²) >= 11 is 0. The van der Waals surface area contributed by atoms with Crippen LogP contribution in [-0.2, 0) is 9.53 Å². The topological polar surface area (TPSA) is 62.1 Å². The summed E-state index contributed by atoms with van der Waals surface area (Å²) in [5.41, 5.74) is 1.00. The van der Waals surface area contributed by atoms with Crippen molar-refractivity contribution in [2.45, 2.75) is 19.0 Å². The van der Waals surface area contributed by atoms with Crippen LogP contribution in [0, 0.1) is 17.2 Å². The highest BCUT2D eigenvalue weighted by molar-refractivity contribution is 5.75. The van der Waals surface area contributed by atoms with Crippen molar-refractivity contribution < 1.29 is 9.53 Å². The maximum Gasteiger partial charge on any atom is 0.322 e. The van der Waals surface area contributed by atoms with Crippen LogP contribution >= 0.6 is 0 Å².